The fourth-order valence-electron chi connectivity index (χ4n) is 3.47. The van der Waals surface area contributed by atoms with Gasteiger partial charge in [-0.05, 0) is 44.4 Å². The molecule has 28 heavy (non-hydrogen) atoms. The van der Waals surface area contributed by atoms with Gasteiger partial charge in [-0.15, -0.1) is 0 Å². The van der Waals surface area contributed by atoms with Crippen LogP contribution < -0.4 is 10.1 Å². The largest absolute Gasteiger partial charge is 0.492 e. The van der Waals surface area contributed by atoms with E-state index in [1.807, 2.05) is 67.3 Å². The van der Waals surface area contributed by atoms with Gasteiger partial charge in [0.1, 0.15) is 5.75 Å². The predicted molar refractivity (Wildman–Crippen MR) is 110 cm³/mol. The Morgan fingerprint density at radius 2 is 1.75 bits per heavy atom. The minimum atomic E-state index is -0.0851. The summed E-state index contributed by atoms with van der Waals surface area (Å²) in [6.45, 7) is 5.75. The van der Waals surface area contributed by atoms with Crippen molar-refractivity contribution >= 4 is 17.5 Å². The lowest BCUT2D eigenvalue weighted by Crippen LogP contribution is -2.42. The van der Waals surface area contributed by atoms with Gasteiger partial charge in [0, 0.05) is 19.0 Å². The van der Waals surface area contributed by atoms with Crippen LogP contribution in [0.5, 0.6) is 5.75 Å². The molecule has 0 atom stereocenters. The first-order valence-electron chi connectivity index (χ1n) is 9.93. The Labute approximate surface area is 166 Å². The van der Waals surface area contributed by atoms with Crippen molar-refractivity contribution in [2.45, 2.75) is 33.1 Å². The quantitative estimate of drug-likeness (QED) is 0.829. The van der Waals surface area contributed by atoms with Gasteiger partial charge in [-0.3, -0.25) is 9.59 Å². The number of rotatable bonds is 6. The molecule has 0 radical (unpaired) electrons. The lowest BCUT2D eigenvalue weighted by molar-refractivity contribution is -0.133. The molecular weight excluding hydrogens is 352 g/mol. The highest BCUT2D eigenvalue weighted by Crippen LogP contribution is 2.26. The van der Waals surface area contributed by atoms with Crippen LogP contribution in [0.1, 0.15) is 30.9 Å². The topological polar surface area (TPSA) is 58.6 Å². The Morgan fingerprint density at radius 3 is 2.43 bits per heavy atom. The normalized spacial score (nSPS) is 14.6. The van der Waals surface area contributed by atoms with E-state index in [-0.39, 0.29) is 17.7 Å². The van der Waals surface area contributed by atoms with Crippen LogP contribution >= 0.6 is 0 Å². The van der Waals surface area contributed by atoms with Gasteiger partial charge in [-0.2, -0.15) is 0 Å². The highest BCUT2D eigenvalue weighted by molar-refractivity contribution is 5.94. The molecule has 2 amide bonds. The highest BCUT2D eigenvalue weighted by atomic mass is 16.5. The molecule has 5 heteroatoms. The maximum absolute atomic E-state index is 12.7. The second-order valence-corrected chi connectivity index (χ2v) is 7.24. The smallest absolute Gasteiger partial charge is 0.227 e. The fraction of sp³-hybridized carbons (Fsp3) is 0.391. The summed E-state index contributed by atoms with van der Waals surface area (Å²) in [7, 11) is 0. The Balaban J connectivity index is 1.51. The summed E-state index contributed by atoms with van der Waals surface area (Å²) in [5.41, 5.74) is 2.92. The number of nitrogens with zero attached hydrogens (tertiary/aromatic N) is 1. The number of likely N-dealkylation sites (tertiary alicyclic amines) is 1. The van der Waals surface area contributed by atoms with Gasteiger partial charge in [0.05, 0.1) is 18.7 Å². The van der Waals surface area contributed by atoms with Gasteiger partial charge >= 0.3 is 0 Å². The van der Waals surface area contributed by atoms with Crippen LogP contribution in [-0.4, -0.2) is 36.4 Å². The molecule has 1 fully saturated rings. The Morgan fingerprint density at radius 1 is 1.07 bits per heavy atom. The lowest BCUT2D eigenvalue weighted by Gasteiger charge is -2.31. The number of anilines is 1. The molecule has 2 aromatic carbocycles. The zero-order valence-electron chi connectivity index (χ0n) is 16.6. The zero-order chi connectivity index (χ0) is 19.9. The summed E-state index contributed by atoms with van der Waals surface area (Å²) in [6, 6.07) is 15.5. The summed E-state index contributed by atoms with van der Waals surface area (Å²) < 4.78 is 5.57. The van der Waals surface area contributed by atoms with E-state index in [4.69, 9.17) is 4.74 Å². The maximum Gasteiger partial charge on any atom is 0.227 e. The van der Waals surface area contributed by atoms with Gasteiger partial charge in [-0.1, -0.05) is 42.0 Å². The highest BCUT2D eigenvalue weighted by Gasteiger charge is 2.27. The molecule has 0 aromatic heterocycles. The van der Waals surface area contributed by atoms with E-state index in [1.54, 1.807) is 0 Å². The van der Waals surface area contributed by atoms with Crippen molar-refractivity contribution in [2.24, 2.45) is 5.92 Å². The molecule has 5 nitrogen and oxygen atoms in total. The molecule has 1 N–H and O–H groups in total. The number of nitrogens with one attached hydrogen (secondary N) is 1. The molecule has 1 aliphatic rings. The molecule has 1 saturated heterocycles. The minimum absolute atomic E-state index is 0.00205. The van der Waals surface area contributed by atoms with Gasteiger partial charge < -0.3 is 15.0 Å². The summed E-state index contributed by atoms with van der Waals surface area (Å²) in [5.74, 6) is 0.726. The van der Waals surface area contributed by atoms with Gasteiger partial charge in [-0.25, -0.2) is 0 Å². The second kappa shape index (κ2) is 9.40. The molecule has 1 heterocycles. The van der Waals surface area contributed by atoms with Crippen molar-refractivity contribution in [3.8, 4) is 5.75 Å². The summed E-state index contributed by atoms with van der Waals surface area (Å²) in [6.07, 6.45) is 1.78. The van der Waals surface area contributed by atoms with E-state index in [1.165, 1.54) is 5.56 Å². The molecule has 0 saturated carbocycles. The van der Waals surface area contributed by atoms with Crippen LogP contribution in [0.25, 0.3) is 0 Å². The number of amides is 2. The number of piperidine rings is 1. The molecule has 0 bridgehead atoms. The number of hydrogen-bond donors (Lipinski definition) is 1. The molecule has 2 aromatic rings. The van der Waals surface area contributed by atoms with Crippen molar-refractivity contribution < 1.29 is 14.3 Å². The van der Waals surface area contributed by atoms with E-state index in [0.717, 1.165) is 5.56 Å². The Hall–Kier alpha value is -2.82. The van der Waals surface area contributed by atoms with Gasteiger partial charge in [0.25, 0.3) is 0 Å². The number of benzene rings is 2. The zero-order valence-corrected chi connectivity index (χ0v) is 16.6. The number of carbonyl (C=O) groups excluding carboxylic acids is 2. The fourth-order valence-corrected chi connectivity index (χ4v) is 3.47. The van der Waals surface area contributed by atoms with E-state index < -0.39 is 0 Å². The van der Waals surface area contributed by atoms with Crippen LogP contribution in [0, 0.1) is 12.8 Å². The first kappa shape index (κ1) is 19.9. The third-order valence-electron chi connectivity index (χ3n) is 5.14. The van der Waals surface area contributed by atoms with Gasteiger partial charge in [0.15, 0.2) is 0 Å². The van der Waals surface area contributed by atoms with Crippen LogP contribution in [0.3, 0.4) is 0 Å². The molecule has 3 rings (SSSR count). The SMILES string of the molecule is CCOc1ccccc1NC(=O)C1CCN(C(=O)Cc2ccc(C)cc2)CC1. The van der Waals surface area contributed by atoms with Crippen LogP contribution in [-0.2, 0) is 16.0 Å². The van der Waals surface area contributed by atoms with Gasteiger partial charge in [0.2, 0.25) is 11.8 Å². The summed E-state index contributed by atoms with van der Waals surface area (Å²) in [4.78, 5) is 27.1. The Bertz CT molecular complexity index is 809. The molecule has 0 aliphatic carbocycles. The summed E-state index contributed by atoms with van der Waals surface area (Å²) >= 11 is 0. The van der Waals surface area contributed by atoms with Crippen molar-refractivity contribution in [1.82, 2.24) is 4.90 Å². The van der Waals surface area contributed by atoms with Crippen LogP contribution in [0.4, 0.5) is 5.69 Å². The average Bonchev–Trinajstić information content (AvgIpc) is 2.71. The Kier molecular flexibility index (Phi) is 6.69. The van der Waals surface area contributed by atoms with Crippen LogP contribution in [0.15, 0.2) is 48.5 Å². The molecule has 1 aliphatic heterocycles. The number of para-hydroxylation sites is 2. The van der Waals surface area contributed by atoms with E-state index >= 15 is 0 Å². The standard InChI is InChI=1S/C23H28N2O3/c1-3-28-21-7-5-4-6-20(21)24-23(27)19-12-14-25(15-13-19)22(26)16-18-10-8-17(2)9-11-18/h4-11,19H,3,12-16H2,1-2H3,(H,24,27). The third-order valence-corrected chi connectivity index (χ3v) is 5.14. The van der Waals surface area contributed by atoms with E-state index in [2.05, 4.69) is 5.32 Å². The molecule has 0 unspecified atom stereocenters. The number of aryl methyl sites for hydroxylation is 1. The van der Waals surface area contributed by atoms with Crippen molar-refractivity contribution in [2.75, 3.05) is 25.0 Å². The third kappa shape index (κ3) is 5.12. The van der Waals surface area contributed by atoms with Crippen LogP contribution in [0.2, 0.25) is 0 Å². The monoisotopic (exact) mass is 380 g/mol. The van der Waals surface area contributed by atoms with Crippen molar-refractivity contribution in [1.29, 1.82) is 0 Å². The number of ether oxygens (including phenoxy) is 1. The number of hydrogen-bond acceptors (Lipinski definition) is 3. The van der Waals surface area contributed by atoms with Crippen molar-refractivity contribution in [3.05, 3.63) is 59.7 Å². The number of carbonyl (C=O) groups is 2. The first-order valence-corrected chi connectivity index (χ1v) is 9.93. The summed E-state index contributed by atoms with van der Waals surface area (Å²) in [5, 5.41) is 2.99. The maximum atomic E-state index is 12.7. The predicted octanol–water partition coefficient (Wildman–Crippen LogP) is 3.81. The first-order chi connectivity index (χ1) is 13.6. The minimum Gasteiger partial charge on any atom is -0.492 e. The molecule has 0 spiro atoms. The van der Waals surface area contributed by atoms with E-state index in [9.17, 15) is 9.59 Å². The lowest BCUT2D eigenvalue weighted by atomic mass is 9.95. The molecular formula is C23H28N2O3. The molecule has 148 valence electrons. The van der Waals surface area contributed by atoms with E-state index in [0.29, 0.717) is 50.4 Å². The second-order valence-electron chi connectivity index (χ2n) is 7.24. The van der Waals surface area contributed by atoms with Crippen molar-refractivity contribution in [3.63, 3.8) is 0 Å². The average molecular weight is 380 g/mol.